The van der Waals surface area contributed by atoms with Gasteiger partial charge in [0.15, 0.2) is 6.17 Å². The van der Waals surface area contributed by atoms with Crippen LogP contribution in [0.25, 0.3) is 55.0 Å². The molecule has 10 rings (SSSR count). The van der Waals surface area contributed by atoms with Crippen molar-refractivity contribution in [3.05, 3.63) is 192 Å². The molecule has 1 aromatic heterocycles. The van der Waals surface area contributed by atoms with Crippen molar-refractivity contribution in [2.24, 2.45) is 15.9 Å². The second kappa shape index (κ2) is 13.2. The molecule has 3 aliphatic rings. The Morgan fingerprint density at radius 2 is 1.36 bits per heavy atom. The molecule has 0 bridgehead atoms. The zero-order valence-electron chi connectivity index (χ0n) is 29.2. The van der Waals surface area contributed by atoms with Gasteiger partial charge in [-0.05, 0) is 87.7 Å². The van der Waals surface area contributed by atoms with Gasteiger partial charge < -0.3 is 9.73 Å². The molecule has 2 aliphatic carbocycles. The van der Waals surface area contributed by atoms with Crippen molar-refractivity contribution in [3.8, 4) is 22.3 Å². The molecule has 2 heterocycles. The standard InChI is InChI=1S/C49H37N3O/c1-3-12-32(13-4-1)34-22-26-36(27-23-34)47-50-48(37-28-24-35(25-29-37)33-14-5-2-6-15-33)52-49(51-47)39-30-38-16-7-8-17-40(38)43(31-39)41-19-11-21-45-46(41)42-18-9-10-20-44(42)53-45/h1,3-5,7-24,26-31,35,47H,2,6,25H2,(H,50,51,52). The van der Waals surface area contributed by atoms with Gasteiger partial charge in [-0.25, -0.2) is 9.98 Å². The Kier molecular flexibility index (Phi) is 7.79. The Balaban J connectivity index is 1.09. The zero-order valence-corrected chi connectivity index (χ0v) is 29.2. The first kappa shape index (κ1) is 31.2. The molecule has 1 N–H and O–H groups in total. The van der Waals surface area contributed by atoms with E-state index in [1.165, 1.54) is 22.1 Å². The molecule has 0 fully saturated rings. The quantitative estimate of drug-likeness (QED) is 0.190. The minimum atomic E-state index is -0.404. The van der Waals surface area contributed by atoms with Gasteiger partial charge in [0.2, 0.25) is 0 Å². The van der Waals surface area contributed by atoms with Gasteiger partial charge in [0.05, 0.1) is 0 Å². The number of fused-ring (bicyclic) bond motifs is 4. The highest BCUT2D eigenvalue weighted by atomic mass is 16.3. The summed E-state index contributed by atoms with van der Waals surface area (Å²) in [5.74, 6) is 2.03. The Morgan fingerprint density at radius 1 is 0.585 bits per heavy atom. The van der Waals surface area contributed by atoms with Gasteiger partial charge in [0.1, 0.15) is 22.8 Å². The van der Waals surface area contributed by atoms with Crippen LogP contribution in [-0.4, -0.2) is 11.7 Å². The van der Waals surface area contributed by atoms with Crippen LogP contribution in [0.2, 0.25) is 0 Å². The molecule has 0 radical (unpaired) electrons. The lowest BCUT2D eigenvalue weighted by Crippen LogP contribution is -2.36. The SMILES string of the molecule is C1=CC(C2C=CC(C3=NC(c4ccc(-c5ccccc5)cc4)N=C(c4cc(-c5cccc6oc7ccccc7c56)c5ccccc5c4)N3)=CC2)=CCC1. The zero-order chi connectivity index (χ0) is 35.1. The van der Waals surface area contributed by atoms with E-state index in [2.05, 4.69) is 163 Å². The number of amidine groups is 2. The lowest BCUT2D eigenvalue weighted by molar-refractivity contribution is 0.669. The van der Waals surface area contributed by atoms with Crippen LogP contribution in [-0.2, 0) is 0 Å². The largest absolute Gasteiger partial charge is 0.456 e. The molecule has 6 aromatic carbocycles. The summed E-state index contributed by atoms with van der Waals surface area (Å²) in [5.41, 5.74) is 11.0. The highest BCUT2D eigenvalue weighted by molar-refractivity contribution is 6.20. The van der Waals surface area contributed by atoms with E-state index < -0.39 is 6.17 Å². The van der Waals surface area contributed by atoms with E-state index in [-0.39, 0.29) is 0 Å². The molecule has 254 valence electrons. The second-order valence-corrected chi connectivity index (χ2v) is 14.0. The first-order valence-electron chi connectivity index (χ1n) is 18.5. The number of para-hydroxylation sites is 1. The minimum absolute atomic E-state index is 0.388. The van der Waals surface area contributed by atoms with E-state index in [9.17, 15) is 0 Å². The summed E-state index contributed by atoms with van der Waals surface area (Å²) < 4.78 is 6.33. The third-order valence-electron chi connectivity index (χ3n) is 10.7. The average molecular weight is 684 g/mol. The fraction of sp³-hybridized carbons (Fsp3) is 0.102. The van der Waals surface area contributed by atoms with Gasteiger partial charge in [-0.3, -0.25) is 0 Å². The van der Waals surface area contributed by atoms with Gasteiger partial charge in [0, 0.05) is 27.8 Å². The number of hydrogen-bond donors (Lipinski definition) is 1. The Bertz CT molecular complexity index is 2720. The molecule has 2 unspecified atom stereocenters. The molecule has 53 heavy (non-hydrogen) atoms. The predicted molar refractivity (Wildman–Crippen MR) is 220 cm³/mol. The third-order valence-corrected chi connectivity index (χ3v) is 10.7. The molecule has 0 saturated carbocycles. The summed E-state index contributed by atoms with van der Waals surface area (Å²) >= 11 is 0. The molecule has 0 spiro atoms. The van der Waals surface area contributed by atoms with E-state index in [4.69, 9.17) is 14.4 Å². The molecule has 0 amide bonds. The lowest BCUT2D eigenvalue weighted by Gasteiger charge is -2.25. The van der Waals surface area contributed by atoms with E-state index in [1.807, 2.05) is 12.1 Å². The molecule has 4 heteroatoms. The van der Waals surface area contributed by atoms with E-state index in [0.717, 1.165) is 86.1 Å². The van der Waals surface area contributed by atoms with E-state index in [0.29, 0.717) is 5.92 Å². The second-order valence-electron chi connectivity index (χ2n) is 14.0. The van der Waals surface area contributed by atoms with Crippen molar-refractivity contribution in [2.45, 2.75) is 25.4 Å². The molecular formula is C49H37N3O. The summed E-state index contributed by atoms with van der Waals surface area (Å²) in [6.45, 7) is 0. The van der Waals surface area contributed by atoms with Gasteiger partial charge in [-0.15, -0.1) is 0 Å². The summed E-state index contributed by atoms with van der Waals surface area (Å²) in [5, 5.41) is 8.28. The smallest absolute Gasteiger partial charge is 0.169 e. The number of furan rings is 1. The molecule has 7 aromatic rings. The van der Waals surface area contributed by atoms with Crippen LogP contribution in [0.4, 0.5) is 0 Å². The average Bonchev–Trinajstić information content (AvgIpc) is 3.63. The van der Waals surface area contributed by atoms with Crippen molar-refractivity contribution < 1.29 is 4.42 Å². The van der Waals surface area contributed by atoms with Crippen LogP contribution in [0.5, 0.6) is 0 Å². The topological polar surface area (TPSA) is 49.9 Å². The van der Waals surface area contributed by atoms with Crippen LogP contribution >= 0.6 is 0 Å². The van der Waals surface area contributed by atoms with Crippen molar-refractivity contribution in [3.63, 3.8) is 0 Å². The lowest BCUT2D eigenvalue weighted by atomic mass is 9.87. The number of benzene rings is 6. The number of rotatable bonds is 6. The fourth-order valence-electron chi connectivity index (χ4n) is 7.99. The highest BCUT2D eigenvalue weighted by Crippen LogP contribution is 2.40. The maximum Gasteiger partial charge on any atom is 0.169 e. The number of hydrogen-bond acceptors (Lipinski definition) is 4. The van der Waals surface area contributed by atoms with Gasteiger partial charge in [0.25, 0.3) is 0 Å². The normalized spacial score (nSPS) is 18.4. The third kappa shape index (κ3) is 5.83. The Hall–Kier alpha value is -6.52. The summed E-state index contributed by atoms with van der Waals surface area (Å²) in [7, 11) is 0. The fourth-order valence-corrected chi connectivity index (χ4v) is 7.99. The van der Waals surface area contributed by atoms with Crippen LogP contribution in [0.3, 0.4) is 0 Å². The van der Waals surface area contributed by atoms with Crippen LogP contribution in [0.1, 0.15) is 36.6 Å². The molecule has 2 atom stereocenters. The molecule has 1 aliphatic heterocycles. The van der Waals surface area contributed by atoms with Gasteiger partial charge in [-0.1, -0.05) is 146 Å². The van der Waals surface area contributed by atoms with Crippen molar-refractivity contribution in [2.75, 3.05) is 0 Å². The Labute approximate surface area is 308 Å². The summed E-state index contributed by atoms with van der Waals surface area (Å²) in [6.07, 6.45) is 16.6. The number of allylic oxidation sites excluding steroid dienone is 6. The van der Waals surface area contributed by atoms with Crippen LogP contribution in [0.15, 0.2) is 195 Å². The number of aliphatic imine (C=N–C) groups is 2. The predicted octanol–water partition coefficient (Wildman–Crippen LogP) is 12.3. The van der Waals surface area contributed by atoms with Gasteiger partial charge >= 0.3 is 0 Å². The van der Waals surface area contributed by atoms with E-state index >= 15 is 0 Å². The van der Waals surface area contributed by atoms with Crippen LogP contribution in [0, 0.1) is 5.92 Å². The van der Waals surface area contributed by atoms with Crippen molar-refractivity contribution >= 4 is 44.4 Å². The van der Waals surface area contributed by atoms with E-state index in [1.54, 1.807) is 0 Å². The van der Waals surface area contributed by atoms with Gasteiger partial charge in [-0.2, -0.15) is 0 Å². The first-order chi connectivity index (χ1) is 26.2. The summed E-state index contributed by atoms with van der Waals surface area (Å²) in [4.78, 5) is 10.6. The first-order valence-corrected chi connectivity index (χ1v) is 18.5. The minimum Gasteiger partial charge on any atom is -0.456 e. The molecule has 4 nitrogen and oxygen atoms in total. The van der Waals surface area contributed by atoms with Crippen molar-refractivity contribution in [1.82, 2.24) is 5.32 Å². The molecular weight excluding hydrogens is 647 g/mol. The maximum atomic E-state index is 6.33. The summed E-state index contributed by atoms with van der Waals surface area (Å²) in [6, 6.07) is 47.0. The highest BCUT2D eigenvalue weighted by Gasteiger charge is 2.25. The number of nitrogens with zero attached hydrogens (tertiary/aromatic N) is 2. The van der Waals surface area contributed by atoms with Crippen LogP contribution < -0.4 is 5.32 Å². The maximum absolute atomic E-state index is 6.33. The van der Waals surface area contributed by atoms with Crippen molar-refractivity contribution in [1.29, 1.82) is 0 Å². The Morgan fingerprint density at radius 3 is 2.19 bits per heavy atom. The monoisotopic (exact) mass is 683 g/mol. The molecule has 0 saturated heterocycles. The number of nitrogens with one attached hydrogen (secondary N) is 1.